The summed E-state index contributed by atoms with van der Waals surface area (Å²) in [4.78, 5) is 24.4. The maximum Gasteiger partial charge on any atom is 0.320 e. The number of rotatable bonds is 7. The molecule has 1 N–H and O–H groups in total. The van der Waals surface area contributed by atoms with Crippen LogP contribution >= 0.6 is 0 Å². The van der Waals surface area contributed by atoms with Crippen LogP contribution in [0, 0.1) is 0 Å². The monoisotopic (exact) mass is 230 g/mol. The number of carbonyl (C=O) groups excluding carboxylic acids is 2. The Morgan fingerprint density at radius 3 is 2.31 bits per heavy atom. The largest absolute Gasteiger partial charge is 0.465 e. The molecule has 0 aromatic rings. The lowest BCUT2D eigenvalue weighted by Crippen LogP contribution is -2.42. The SMILES string of the molecule is CCOC(=O)CN(CC)CC(=O)NC(C)C. The van der Waals surface area contributed by atoms with Crippen LogP contribution in [-0.2, 0) is 14.3 Å². The van der Waals surface area contributed by atoms with E-state index < -0.39 is 0 Å². The summed E-state index contributed by atoms with van der Waals surface area (Å²) in [6, 6.07) is 0.119. The Morgan fingerprint density at radius 1 is 1.25 bits per heavy atom. The van der Waals surface area contributed by atoms with E-state index in [4.69, 9.17) is 4.74 Å². The molecule has 0 aliphatic rings. The summed E-state index contributed by atoms with van der Waals surface area (Å²) < 4.78 is 4.82. The summed E-state index contributed by atoms with van der Waals surface area (Å²) in [5.41, 5.74) is 0. The lowest BCUT2D eigenvalue weighted by atomic mass is 10.3. The molecule has 94 valence electrons. The Labute approximate surface area is 97.1 Å². The van der Waals surface area contributed by atoms with Gasteiger partial charge in [-0.15, -0.1) is 0 Å². The Hall–Kier alpha value is -1.10. The van der Waals surface area contributed by atoms with Crippen LogP contribution in [0.4, 0.5) is 0 Å². The molecule has 5 heteroatoms. The van der Waals surface area contributed by atoms with Gasteiger partial charge in [0.2, 0.25) is 5.91 Å². The van der Waals surface area contributed by atoms with Gasteiger partial charge in [-0.2, -0.15) is 0 Å². The number of esters is 1. The van der Waals surface area contributed by atoms with E-state index in [1.54, 1.807) is 11.8 Å². The second kappa shape index (κ2) is 8.10. The second-order valence-electron chi connectivity index (χ2n) is 3.83. The minimum Gasteiger partial charge on any atom is -0.465 e. The Kier molecular flexibility index (Phi) is 7.54. The van der Waals surface area contributed by atoms with Crippen LogP contribution < -0.4 is 5.32 Å². The summed E-state index contributed by atoms with van der Waals surface area (Å²) in [5.74, 6) is -0.358. The third-order valence-corrected chi connectivity index (χ3v) is 1.92. The highest BCUT2D eigenvalue weighted by molar-refractivity contribution is 5.79. The summed E-state index contributed by atoms with van der Waals surface area (Å²) in [6.07, 6.45) is 0. The smallest absolute Gasteiger partial charge is 0.320 e. The van der Waals surface area contributed by atoms with Crippen molar-refractivity contribution in [3.63, 3.8) is 0 Å². The number of carbonyl (C=O) groups is 2. The van der Waals surface area contributed by atoms with E-state index in [1.807, 2.05) is 20.8 Å². The van der Waals surface area contributed by atoms with Gasteiger partial charge in [0.25, 0.3) is 0 Å². The van der Waals surface area contributed by atoms with Crippen LogP contribution in [0.15, 0.2) is 0 Å². The molecule has 0 aliphatic heterocycles. The molecule has 0 saturated heterocycles. The van der Waals surface area contributed by atoms with Crippen LogP contribution in [0.25, 0.3) is 0 Å². The van der Waals surface area contributed by atoms with Crippen molar-refractivity contribution in [2.75, 3.05) is 26.2 Å². The van der Waals surface area contributed by atoms with E-state index in [-0.39, 0.29) is 31.0 Å². The molecule has 0 unspecified atom stereocenters. The Morgan fingerprint density at radius 2 is 1.88 bits per heavy atom. The maximum atomic E-state index is 11.5. The van der Waals surface area contributed by atoms with Crippen molar-refractivity contribution in [3.05, 3.63) is 0 Å². The molecule has 0 spiro atoms. The molecule has 0 saturated carbocycles. The Balaban J connectivity index is 3.99. The van der Waals surface area contributed by atoms with Crippen LogP contribution in [0.3, 0.4) is 0 Å². The van der Waals surface area contributed by atoms with Crippen LogP contribution in [0.2, 0.25) is 0 Å². The first-order valence-corrected chi connectivity index (χ1v) is 5.66. The van der Waals surface area contributed by atoms with Gasteiger partial charge >= 0.3 is 5.97 Å². The van der Waals surface area contributed by atoms with Crippen LogP contribution in [0.5, 0.6) is 0 Å². The van der Waals surface area contributed by atoms with E-state index in [1.165, 1.54) is 0 Å². The van der Waals surface area contributed by atoms with Crippen molar-refractivity contribution in [1.82, 2.24) is 10.2 Å². The van der Waals surface area contributed by atoms with Crippen molar-refractivity contribution >= 4 is 11.9 Å². The number of ether oxygens (including phenoxy) is 1. The summed E-state index contributed by atoms with van der Waals surface area (Å²) >= 11 is 0. The first-order valence-electron chi connectivity index (χ1n) is 5.66. The zero-order valence-electron chi connectivity index (χ0n) is 10.6. The first kappa shape index (κ1) is 14.9. The van der Waals surface area contributed by atoms with Gasteiger partial charge in [0.05, 0.1) is 19.7 Å². The molecule has 0 atom stereocenters. The zero-order valence-corrected chi connectivity index (χ0v) is 10.6. The lowest BCUT2D eigenvalue weighted by Gasteiger charge is -2.19. The predicted octanol–water partition coefficient (Wildman–Crippen LogP) is 0.396. The van der Waals surface area contributed by atoms with Crippen LogP contribution in [-0.4, -0.2) is 49.1 Å². The minimum absolute atomic E-state index is 0.0684. The number of nitrogens with zero attached hydrogens (tertiary/aromatic N) is 1. The number of likely N-dealkylation sites (N-methyl/N-ethyl adjacent to an activating group) is 1. The van der Waals surface area contributed by atoms with Gasteiger partial charge in [-0.1, -0.05) is 6.92 Å². The van der Waals surface area contributed by atoms with Crippen LogP contribution in [0.1, 0.15) is 27.7 Å². The van der Waals surface area contributed by atoms with Gasteiger partial charge in [-0.3, -0.25) is 14.5 Å². The van der Waals surface area contributed by atoms with E-state index in [0.717, 1.165) is 0 Å². The van der Waals surface area contributed by atoms with Crippen molar-refractivity contribution in [1.29, 1.82) is 0 Å². The van der Waals surface area contributed by atoms with Gasteiger partial charge in [-0.05, 0) is 27.3 Å². The van der Waals surface area contributed by atoms with E-state index in [9.17, 15) is 9.59 Å². The molecule has 1 amide bonds. The lowest BCUT2D eigenvalue weighted by molar-refractivity contribution is -0.144. The molecule has 0 radical (unpaired) electrons. The molecule has 0 fully saturated rings. The molecule has 16 heavy (non-hydrogen) atoms. The van der Waals surface area contributed by atoms with Crippen molar-refractivity contribution < 1.29 is 14.3 Å². The van der Waals surface area contributed by atoms with E-state index in [2.05, 4.69) is 5.32 Å². The average molecular weight is 230 g/mol. The fourth-order valence-corrected chi connectivity index (χ4v) is 1.24. The van der Waals surface area contributed by atoms with Crippen molar-refractivity contribution in [3.8, 4) is 0 Å². The Bertz CT molecular complexity index is 229. The standard InChI is InChI=1S/C11H22N2O3/c1-5-13(8-11(15)16-6-2)7-10(14)12-9(3)4/h9H,5-8H2,1-4H3,(H,12,14). The normalized spacial score (nSPS) is 10.6. The zero-order chi connectivity index (χ0) is 12.6. The highest BCUT2D eigenvalue weighted by Gasteiger charge is 2.13. The first-order chi connectivity index (χ1) is 7.49. The minimum atomic E-state index is -0.290. The molecule has 0 heterocycles. The van der Waals surface area contributed by atoms with Gasteiger partial charge in [0.1, 0.15) is 0 Å². The summed E-state index contributed by atoms with van der Waals surface area (Å²) in [7, 11) is 0. The number of hydrogen-bond acceptors (Lipinski definition) is 4. The summed E-state index contributed by atoms with van der Waals surface area (Å²) in [5, 5.41) is 2.78. The fraction of sp³-hybridized carbons (Fsp3) is 0.818. The van der Waals surface area contributed by atoms with Gasteiger partial charge in [0.15, 0.2) is 0 Å². The van der Waals surface area contributed by atoms with Crippen molar-refractivity contribution in [2.45, 2.75) is 33.7 Å². The van der Waals surface area contributed by atoms with E-state index >= 15 is 0 Å². The number of hydrogen-bond donors (Lipinski definition) is 1. The topological polar surface area (TPSA) is 58.6 Å². The quantitative estimate of drug-likeness (QED) is 0.643. The second-order valence-corrected chi connectivity index (χ2v) is 3.83. The highest BCUT2D eigenvalue weighted by atomic mass is 16.5. The molecular weight excluding hydrogens is 208 g/mol. The summed E-state index contributed by atoms with van der Waals surface area (Å²) in [6.45, 7) is 8.88. The van der Waals surface area contributed by atoms with Crippen molar-refractivity contribution in [2.24, 2.45) is 0 Å². The average Bonchev–Trinajstić information content (AvgIpc) is 2.15. The molecule has 0 aromatic carbocycles. The van der Waals surface area contributed by atoms with Gasteiger partial charge < -0.3 is 10.1 Å². The molecule has 0 bridgehead atoms. The molecule has 0 rings (SSSR count). The predicted molar refractivity (Wildman–Crippen MR) is 62.0 cm³/mol. The maximum absolute atomic E-state index is 11.5. The third-order valence-electron chi connectivity index (χ3n) is 1.92. The molecule has 0 aliphatic carbocycles. The third kappa shape index (κ3) is 7.23. The fourth-order valence-electron chi connectivity index (χ4n) is 1.24. The molecule has 0 aromatic heterocycles. The van der Waals surface area contributed by atoms with Gasteiger partial charge in [0, 0.05) is 6.04 Å². The number of amides is 1. The number of nitrogens with one attached hydrogen (secondary N) is 1. The molecular formula is C11H22N2O3. The highest BCUT2D eigenvalue weighted by Crippen LogP contribution is 1.91. The van der Waals surface area contributed by atoms with E-state index in [0.29, 0.717) is 13.2 Å². The van der Waals surface area contributed by atoms with Gasteiger partial charge in [-0.25, -0.2) is 0 Å². The molecule has 5 nitrogen and oxygen atoms in total.